The van der Waals surface area contributed by atoms with Crippen molar-refractivity contribution in [2.24, 2.45) is 10.9 Å². The first-order valence-corrected chi connectivity index (χ1v) is 9.61. The maximum absolute atomic E-state index is 13.2. The van der Waals surface area contributed by atoms with Crippen molar-refractivity contribution in [3.8, 4) is 0 Å². The van der Waals surface area contributed by atoms with Gasteiger partial charge >= 0.3 is 0 Å². The van der Waals surface area contributed by atoms with Crippen molar-refractivity contribution in [1.29, 1.82) is 0 Å². The summed E-state index contributed by atoms with van der Waals surface area (Å²) >= 11 is 0. The average Bonchev–Trinajstić information content (AvgIpc) is 2.67. The third kappa shape index (κ3) is 3.92. The highest BCUT2D eigenvalue weighted by Crippen LogP contribution is 2.25. The van der Waals surface area contributed by atoms with E-state index in [9.17, 15) is 4.79 Å². The largest absolute Gasteiger partial charge is 0.346 e. The van der Waals surface area contributed by atoms with Crippen LogP contribution < -0.4 is 5.32 Å². The van der Waals surface area contributed by atoms with Gasteiger partial charge in [-0.05, 0) is 44.2 Å². The van der Waals surface area contributed by atoms with Crippen molar-refractivity contribution in [3.05, 3.63) is 41.0 Å². The van der Waals surface area contributed by atoms with Crippen molar-refractivity contribution < 1.29 is 4.79 Å². The van der Waals surface area contributed by atoms with E-state index in [2.05, 4.69) is 54.2 Å². The van der Waals surface area contributed by atoms with Crippen LogP contribution >= 0.6 is 0 Å². The number of carbonyl (C=O) groups is 1. The van der Waals surface area contributed by atoms with Gasteiger partial charge in [-0.2, -0.15) is 0 Å². The molecule has 0 saturated carbocycles. The number of amides is 1. The van der Waals surface area contributed by atoms with Crippen LogP contribution in [0.2, 0.25) is 0 Å². The van der Waals surface area contributed by atoms with Gasteiger partial charge in [0.15, 0.2) is 5.96 Å². The predicted molar refractivity (Wildman–Crippen MR) is 107 cm³/mol. The van der Waals surface area contributed by atoms with Crippen molar-refractivity contribution in [2.75, 3.05) is 33.2 Å². The Hall–Kier alpha value is -2.30. The molecule has 1 N–H and O–H groups in total. The van der Waals surface area contributed by atoms with Crippen LogP contribution in [0.1, 0.15) is 37.8 Å². The maximum Gasteiger partial charge on any atom is 0.253 e. The number of hydrogen-bond acceptors (Lipinski definition) is 4. The van der Waals surface area contributed by atoms with Crippen LogP contribution in [0, 0.1) is 12.8 Å². The summed E-state index contributed by atoms with van der Waals surface area (Å²) in [5.41, 5.74) is 3.92. The van der Waals surface area contributed by atoms with Crippen molar-refractivity contribution in [1.82, 2.24) is 15.1 Å². The molecule has 1 aromatic carbocycles. The van der Waals surface area contributed by atoms with Crippen molar-refractivity contribution in [2.45, 2.75) is 33.6 Å². The first kappa shape index (κ1) is 18.5. The molecule has 0 unspecified atom stereocenters. The lowest BCUT2D eigenvalue weighted by molar-refractivity contribution is -0.128. The monoisotopic (exact) mass is 354 g/mol. The summed E-state index contributed by atoms with van der Waals surface area (Å²) in [4.78, 5) is 21.9. The first-order chi connectivity index (χ1) is 12.5. The average molecular weight is 354 g/mol. The van der Waals surface area contributed by atoms with Gasteiger partial charge < -0.3 is 15.1 Å². The summed E-state index contributed by atoms with van der Waals surface area (Å²) in [6.45, 7) is 9.41. The van der Waals surface area contributed by atoms with Crippen LogP contribution in [-0.2, 0) is 4.79 Å². The molecule has 1 amide bonds. The second-order valence-electron chi connectivity index (χ2n) is 7.48. The molecule has 2 aliphatic rings. The van der Waals surface area contributed by atoms with Crippen LogP contribution in [0.3, 0.4) is 0 Å². The number of nitrogens with zero attached hydrogens (tertiary/aromatic N) is 3. The number of aliphatic imine (C=N–C) groups is 1. The molecule has 5 heteroatoms. The summed E-state index contributed by atoms with van der Waals surface area (Å²) in [7, 11) is 2.01. The molecular formula is C21H30N4O. The van der Waals surface area contributed by atoms with E-state index < -0.39 is 0 Å². The number of hydrogen-bond donors (Lipinski definition) is 1. The van der Waals surface area contributed by atoms with E-state index in [1.807, 2.05) is 18.0 Å². The third-order valence-corrected chi connectivity index (χ3v) is 5.40. The van der Waals surface area contributed by atoms with Crippen molar-refractivity contribution in [3.63, 3.8) is 0 Å². The molecule has 0 aliphatic carbocycles. The molecule has 3 rings (SSSR count). The van der Waals surface area contributed by atoms with Gasteiger partial charge in [-0.3, -0.25) is 4.79 Å². The lowest BCUT2D eigenvalue weighted by atomic mass is 9.97. The number of guanidine groups is 1. The molecule has 1 saturated heterocycles. The molecule has 1 aromatic rings. The highest BCUT2D eigenvalue weighted by molar-refractivity contribution is 6.06. The summed E-state index contributed by atoms with van der Waals surface area (Å²) in [6, 6.07) is 8.31. The number of benzene rings is 1. The fourth-order valence-corrected chi connectivity index (χ4v) is 3.45. The zero-order chi connectivity index (χ0) is 18.7. The van der Waals surface area contributed by atoms with Crippen LogP contribution in [-0.4, -0.2) is 54.9 Å². The van der Waals surface area contributed by atoms with Gasteiger partial charge in [-0.1, -0.05) is 30.7 Å². The number of likely N-dealkylation sites (tertiary alicyclic amines) is 1. The van der Waals surface area contributed by atoms with Gasteiger partial charge in [0.1, 0.15) is 0 Å². The molecule has 0 radical (unpaired) electrons. The number of piperidine rings is 1. The van der Waals surface area contributed by atoms with E-state index in [1.54, 1.807) is 0 Å². The number of rotatable bonds is 3. The van der Waals surface area contributed by atoms with Crippen LogP contribution in [0.15, 0.2) is 34.8 Å². The van der Waals surface area contributed by atoms with Crippen LogP contribution in [0.4, 0.5) is 0 Å². The molecule has 2 aliphatic heterocycles. The smallest absolute Gasteiger partial charge is 0.253 e. The van der Waals surface area contributed by atoms with Gasteiger partial charge in [0.2, 0.25) is 0 Å². The molecule has 2 heterocycles. The van der Waals surface area contributed by atoms with E-state index in [-0.39, 0.29) is 5.91 Å². The van der Waals surface area contributed by atoms with Gasteiger partial charge in [0.05, 0.1) is 17.8 Å². The molecule has 0 aromatic heterocycles. The minimum atomic E-state index is 0.128. The number of aryl methyl sites for hydroxylation is 1. The molecule has 5 nitrogen and oxygen atoms in total. The Labute approximate surface area is 156 Å². The SMILES string of the molecule is CCN(C)C1=NCC(C(=O)N2CCC(C)CC2)=C(c2cccc(C)c2)N1. The Morgan fingerprint density at radius 2 is 2.08 bits per heavy atom. The fraction of sp³-hybridized carbons (Fsp3) is 0.524. The standard InChI is InChI=1S/C21H30N4O/c1-5-24(4)21-22-14-18(20(26)25-11-9-15(2)10-12-25)19(23-21)17-8-6-7-16(3)13-17/h6-8,13,15H,5,9-12,14H2,1-4H3,(H,22,23). The zero-order valence-corrected chi connectivity index (χ0v) is 16.4. The van der Waals surface area contributed by atoms with Gasteiger partial charge in [-0.25, -0.2) is 4.99 Å². The molecule has 26 heavy (non-hydrogen) atoms. The Kier molecular flexibility index (Phi) is 5.64. The zero-order valence-electron chi connectivity index (χ0n) is 16.4. The first-order valence-electron chi connectivity index (χ1n) is 9.61. The predicted octanol–water partition coefficient (Wildman–Crippen LogP) is 2.88. The van der Waals surface area contributed by atoms with E-state index in [4.69, 9.17) is 0 Å². The molecule has 0 spiro atoms. The number of carbonyl (C=O) groups excluding carboxylic acids is 1. The van der Waals surface area contributed by atoms with Gasteiger partial charge in [0.25, 0.3) is 5.91 Å². The Morgan fingerprint density at radius 3 is 2.73 bits per heavy atom. The lowest BCUT2D eigenvalue weighted by Crippen LogP contribution is -2.44. The lowest BCUT2D eigenvalue weighted by Gasteiger charge is -2.33. The second-order valence-corrected chi connectivity index (χ2v) is 7.48. The summed E-state index contributed by atoms with van der Waals surface area (Å²) < 4.78 is 0. The summed E-state index contributed by atoms with van der Waals surface area (Å²) in [6.07, 6.45) is 2.17. The Bertz CT molecular complexity index is 729. The topological polar surface area (TPSA) is 47.9 Å². The second kappa shape index (κ2) is 7.94. The van der Waals surface area contributed by atoms with Gasteiger partial charge in [-0.15, -0.1) is 0 Å². The van der Waals surface area contributed by atoms with Crippen LogP contribution in [0.5, 0.6) is 0 Å². The van der Waals surface area contributed by atoms with E-state index in [1.165, 1.54) is 5.56 Å². The van der Waals surface area contributed by atoms with Crippen LogP contribution in [0.25, 0.3) is 5.70 Å². The normalized spacial score (nSPS) is 18.5. The molecule has 0 bridgehead atoms. The maximum atomic E-state index is 13.2. The van der Waals surface area contributed by atoms with E-state index >= 15 is 0 Å². The minimum absolute atomic E-state index is 0.128. The number of nitrogens with one attached hydrogen (secondary N) is 1. The van der Waals surface area contributed by atoms with E-state index in [0.29, 0.717) is 12.5 Å². The third-order valence-electron chi connectivity index (χ3n) is 5.40. The fourth-order valence-electron chi connectivity index (χ4n) is 3.45. The van der Waals surface area contributed by atoms with Gasteiger partial charge in [0, 0.05) is 26.7 Å². The minimum Gasteiger partial charge on any atom is -0.346 e. The summed E-state index contributed by atoms with van der Waals surface area (Å²) in [5.74, 6) is 1.66. The van der Waals surface area contributed by atoms with Crippen molar-refractivity contribution >= 4 is 17.6 Å². The van der Waals surface area contributed by atoms with E-state index in [0.717, 1.165) is 55.3 Å². The highest BCUT2D eigenvalue weighted by atomic mass is 16.2. The Morgan fingerprint density at radius 1 is 1.35 bits per heavy atom. The molecule has 140 valence electrons. The molecule has 1 fully saturated rings. The highest BCUT2D eigenvalue weighted by Gasteiger charge is 2.28. The quantitative estimate of drug-likeness (QED) is 0.908. The molecule has 0 atom stereocenters. The Balaban J connectivity index is 1.93. The molecular weight excluding hydrogens is 324 g/mol. The summed E-state index contributed by atoms with van der Waals surface area (Å²) in [5, 5.41) is 3.43.